The van der Waals surface area contributed by atoms with Gasteiger partial charge in [0.1, 0.15) is 6.54 Å². The number of hydrogen-bond donors (Lipinski definition) is 0. The Kier molecular flexibility index (Phi) is 5.88. The number of carbonyl (C=O) groups excluding carboxylic acids is 1. The van der Waals surface area contributed by atoms with Gasteiger partial charge in [0.25, 0.3) is 0 Å². The number of piperazine rings is 1. The summed E-state index contributed by atoms with van der Waals surface area (Å²) in [7, 11) is 0. The molecule has 3 heterocycles. The summed E-state index contributed by atoms with van der Waals surface area (Å²) in [4.78, 5) is 22.0. The lowest BCUT2D eigenvalue weighted by molar-refractivity contribution is -0.132. The highest BCUT2D eigenvalue weighted by Gasteiger charge is 2.25. The van der Waals surface area contributed by atoms with E-state index in [0.717, 1.165) is 53.8 Å². The van der Waals surface area contributed by atoms with Crippen molar-refractivity contribution in [3.8, 4) is 11.3 Å². The number of carbonyl (C=O) groups is 1. The topological polar surface area (TPSA) is 54.3 Å². The Balaban J connectivity index is 1.45. The Morgan fingerprint density at radius 2 is 1.81 bits per heavy atom. The van der Waals surface area contributed by atoms with Gasteiger partial charge in [0.2, 0.25) is 5.91 Å². The number of anilines is 1. The predicted molar refractivity (Wildman–Crippen MR) is 127 cm³/mol. The Bertz CT molecular complexity index is 1070. The minimum absolute atomic E-state index is 0.0509. The summed E-state index contributed by atoms with van der Waals surface area (Å²) in [6, 6.07) is 10.5. The van der Waals surface area contributed by atoms with E-state index >= 15 is 0 Å². The van der Waals surface area contributed by atoms with Crippen molar-refractivity contribution in [1.29, 1.82) is 0 Å². The molecule has 0 aliphatic carbocycles. The van der Waals surface area contributed by atoms with Crippen molar-refractivity contribution in [1.82, 2.24) is 19.7 Å². The van der Waals surface area contributed by atoms with E-state index in [2.05, 4.69) is 60.4 Å². The van der Waals surface area contributed by atoms with Crippen molar-refractivity contribution in [3.05, 3.63) is 52.1 Å². The maximum atomic E-state index is 12.8. The van der Waals surface area contributed by atoms with Crippen LogP contribution in [0.5, 0.6) is 0 Å². The molecule has 0 unspecified atom stereocenters. The van der Waals surface area contributed by atoms with E-state index in [1.54, 1.807) is 16.0 Å². The van der Waals surface area contributed by atoms with Crippen LogP contribution in [0.15, 0.2) is 35.7 Å². The van der Waals surface area contributed by atoms with Crippen molar-refractivity contribution in [2.45, 2.75) is 46.6 Å². The van der Waals surface area contributed by atoms with Gasteiger partial charge in [-0.05, 0) is 26.0 Å². The molecule has 1 aliphatic rings. The highest BCUT2D eigenvalue weighted by molar-refractivity contribution is 7.10. The largest absolute Gasteiger partial charge is 0.367 e. The molecule has 7 heteroatoms. The highest BCUT2D eigenvalue weighted by Crippen LogP contribution is 2.35. The Labute approximate surface area is 188 Å². The lowest BCUT2D eigenvalue weighted by Crippen LogP contribution is -2.49. The van der Waals surface area contributed by atoms with E-state index in [-0.39, 0.29) is 11.3 Å². The van der Waals surface area contributed by atoms with E-state index in [1.165, 1.54) is 5.69 Å². The Hall–Kier alpha value is -2.67. The summed E-state index contributed by atoms with van der Waals surface area (Å²) < 4.78 is 1.80. The highest BCUT2D eigenvalue weighted by atomic mass is 32.1. The predicted octanol–water partition coefficient (Wildman–Crippen LogP) is 4.27. The van der Waals surface area contributed by atoms with Gasteiger partial charge < -0.3 is 9.80 Å². The molecule has 0 radical (unpaired) electrons. The first-order valence-corrected chi connectivity index (χ1v) is 11.7. The lowest BCUT2D eigenvalue weighted by Gasteiger charge is -2.37. The first kappa shape index (κ1) is 21.6. The molecule has 0 bridgehead atoms. The molecule has 1 fully saturated rings. The first-order valence-electron chi connectivity index (χ1n) is 10.8. The van der Waals surface area contributed by atoms with Crippen LogP contribution in [0.3, 0.4) is 0 Å². The van der Waals surface area contributed by atoms with E-state index in [0.29, 0.717) is 6.54 Å². The smallest absolute Gasteiger partial charge is 0.244 e. The maximum absolute atomic E-state index is 12.8. The standard InChI is InChI=1S/C24H31N5OS/c1-17-14-18(2)29(26-17)15-22(30)28-12-10-27(11-13-28)21-9-7-6-8-19(21)20-16-31-23(25-20)24(3,4)5/h6-9,14,16H,10-13,15H2,1-5H3. The number of para-hydroxylation sites is 1. The molecule has 3 aromatic rings. The molecule has 1 aliphatic heterocycles. The first-order chi connectivity index (χ1) is 14.7. The third-order valence-electron chi connectivity index (χ3n) is 5.69. The molecular weight excluding hydrogens is 406 g/mol. The SMILES string of the molecule is Cc1cc(C)n(CC(=O)N2CCN(c3ccccc3-c3csc(C(C)(C)C)n3)CC2)n1. The van der Waals surface area contributed by atoms with Crippen LogP contribution in [0.4, 0.5) is 5.69 Å². The number of benzene rings is 1. The van der Waals surface area contributed by atoms with Crippen LogP contribution in [0.1, 0.15) is 37.2 Å². The van der Waals surface area contributed by atoms with Crippen LogP contribution in [-0.4, -0.2) is 51.8 Å². The van der Waals surface area contributed by atoms with Crippen LogP contribution in [0.25, 0.3) is 11.3 Å². The average molecular weight is 438 g/mol. The third-order valence-corrected chi connectivity index (χ3v) is 6.96. The molecule has 1 amide bonds. The van der Waals surface area contributed by atoms with E-state index in [1.807, 2.05) is 24.8 Å². The number of aryl methyl sites for hydroxylation is 2. The molecule has 1 aromatic carbocycles. The quantitative estimate of drug-likeness (QED) is 0.612. The van der Waals surface area contributed by atoms with Gasteiger partial charge in [0, 0.05) is 53.9 Å². The molecule has 6 nitrogen and oxygen atoms in total. The van der Waals surface area contributed by atoms with Crippen molar-refractivity contribution in [2.24, 2.45) is 0 Å². The zero-order valence-corrected chi connectivity index (χ0v) is 19.9. The van der Waals surface area contributed by atoms with Crippen molar-refractivity contribution < 1.29 is 4.79 Å². The summed E-state index contributed by atoms with van der Waals surface area (Å²) in [6.45, 7) is 13.9. The average Bonchev–Trinajstić information content (AvgIpc) is 3.35. The molecule has 0 saturated carbocycles. The van der Waals surface area contributed by atoms with Gasteiger partial charge in [-0.15, -0.1) is 11.3 Å². The van der Waals surface area contributed by atoms with Gasteiger partial charge in [0.15, 0.2) is 0 Å². The molecule has 4 rings (SSSR count). The number of hydrogen-bond acceptors (Lipinski definition) is 5. The number of amides is 1. The zero-order chi connectivity index (χ0) is 22.2. The summed E-state index contributed by atoms with van der Waals surface area (Å²) in [5.74, 6) is 0.133. The van der Waals surface area contributed by atoms with Gasteiger partial charge in [-0.25, -0.2) is 4.98 Å². The maximum Gasteiger partial charge on any atom is 0.244 e. The Morgan fingerprint density at radius 3 is 2.42 bits per heavy atom. The zero-order valence-electron chi connectivity index (χ0n) is 19.1. The molecule has 0 spiro atoms. The Morgan fingerprint density at radius 1 is 1.10 bits per heavy atom. The van der Waals surface area contributed by atoms with Crippen LogP contribution < -0.4 is 4.90 Å². The van der Waals surface area contributed by atoms with Crippen LogP contribution in [0, 0.1) is 13.8 Å². The molecule has 0 atom stereocenters. The van der Waals surface area contributed by atoms with Crippen LogP contribution in [-0.2, 0) is 16.8 Å². The molecular formula is C24H31N5OS. The normalized spacial score (nSPS) is 14.9. The fraction of sp³-hybridized carbons (Fsp3) is 0.458. The van der Waals surface area contributed by atoms with Crippen molar-refractivity contribution in [3.63, 3.8) is 0 Å². The van der Waals surface area contributed by atoms with Gasteiger partial charge >= 0.3 is 0 Å². The summed E-state index contributed by atoms with van der Waals surface area (Å²) in [6.07, 6.45) is 0. The van der Waals surface area contributed by atoms with Crippen molar-refractivity contribution in [2.75, 3.05) is 31.1 Å². The van der Waals surface area contributed by atoms with Gasteiger partial charge in [-0.1, -0.05) is 39.0 Å². The molecule has 0 N–H and O–H groups in total. The monoisotopic (exact) mass is 437 g/mol. The minimum atomic E-state index is 0.0509. The second-order valence-electron chi connectivity index (χ2n) is 9.26. The minimum Gasteiger partial charge on any atom is -0.367 e. The van der Waals surface area contributed by atoms with Crippen molar-refractivity contribution >= 4 is 22.9 Å². The fourth-order valence-electron chi connectivity index (χ4n) is 3.97. The second kappa shape index (κ2) is 8.46. The third kappa shape index (κ3) is 4.66. The van der Waals surface area contributed by atoms with Gasteiger partial charge in [-0.3, -0.25) is 9.48 Å². The molecule has 2 aromatic heterocycles. The summed E-state index contributed by atoms with van der Waals surface area (Å²) in [5.41, 5.74) is 5.42. The van der Waals surface area contributed by atoms with E-state index in [4.69, 9.17) is 4.98 Å². The summed E-state index contributed by atoms with van der Waals surface area (Å²) >= 11 is 1.72. The molecule has 31 heavy (non-hydrogen) atoms. The molecule has 1 saturated heterocycles. The van der Waals surface area contributed by atoms with Gasteiger partial charge in [0.05, 0.1) is 16.4 Å². The summed E-state index contributed by atoms with van der Waals surface area (Å²) in [5, 5.41) is 7.73. The molecule has 164 valence electrons. The second-order valence-corrected chi connectivity index (χ2v) is 10.1. The fourth-order valence-corrected chi connectivity index (χ4v) is 4.88. The van der Waals surface area contributed by atoms with E-state index in [9.17, 15) is 4.79 Å². The van der Waals surface area contributed by atoms with Gasteiger partial charge in [-0.2, -0.15) is 5.10 Å². The lowest BCUT2D eigenvalue weighted by atomic mass is 9.98. The van der Waals surface area contributed by atoms with E-state index < -0.39 is 0 Å². The number of aromatic nitrogens is 3. The van der Waals surface area contributed by atoms with Crippen LogP contribution >= 0.6 is 11.3 Å². The number of thiazole rings is 1. The number of rotatable bonds is 4. The van der Waals surface area contributed by atoms with Crippen LogP contribution in [0.2, 0.25) is 0 Å². The number of nitrogens with zero attached hydrogens (tertiary/aromatic N) is 5.